The molecule has 0 aromatic carbocycles. The van der Waals surface area contributed by atoms with E-state index in [-0.39, 0.29) is 28.5 Å². The number of aliphatic carboxylic acids is 1. The summed E-state index contributed by atoms with van der Waals surface area (Å²) in [4.78, 5) is 54.2. The van der Waals surface area contributed by atoms with Crippen LogP contribution in [0.25, 0.3) is 11.3 Å². The Morgan fingerprint density at radius 2 is 2.08 bits per heavy atom. The average Bonchev–Trinajstić information content (AvgIpc) is 3.56. The number of thiazole rings is 1. The van der Waals surface area contributed by atoms with Gasteiger partial charge in [-0.05, 0) is 26.7 Å². The third kappa shape index (κ3) is 5.55. The first kappa shape index (κ1) is 27.7. The summed E-state index contributed by atoms with van der Waals surface area (Å²) in [6, 6.07) is 2.45. The molecule has 2 amide bonds. The first-order chi connectivity index (χ1) is 19.1. The van der Waals surface area contributed by atoms with Crippen molar-refractivity contribution in [3.05, 3.63) is 46.3 Å². The smallest absolute Gasteiger partial charge is 0.353 e. The number of nitrogens with zero attached hydrogens (tertiary/aromatic N) is 6. The predicted octanol–water partition coefficient (Wildman–Crippen LogP) is 1.78. The van der Waals surface area contributed by atoms with Crippen LogP contribution in [0.5, 0.6) is 0 Å². The Hall–Kier alpha value is -3.89. The molecule has 0 spiro atoms. The number of carboxylic acids is 1. The highest BCUT2D eigenvalue weighted by Gasteiger charge is 2.54. The number of amides is 2. The predicted molar refractivity (Wildman–Crippen MR) is 148 cm³/mol. The monoisotopic (exact) mass is 601 g/mol. The molecule has 3 aromatic rings. The van der Waals surface area contributed by atoms with Crippen LogP contribution in [0.3, 0.4) is 0 Å². The number of hydrogen-bond acceptors (Lipinski definition) is 12. The van der Waals surface area contributed by atoms with Crippen molar-refractivity contribution in [3.8, 4) is 11.3 Å². The highest BCUT2D eigenvalue weighted by molar-refractivity contribution is 8.04. The molecule has 2 aliphatic rings. The van der Waals surface area contributed by atoms with Crippen LogP contribution >= 0.6 is 34.6 Å². The van der Waals surface area contributed by atoms with Crippen molar-refractivity contribution in [2.45, 2.75) is 49.2 Å². The zero-order chi connectivity index (χ0) is 28.6. The molecule has 4 N–H and O–H groups in total. The van der Waals surface area contributed by atoms with E-state index >= 15 is 0 Å². The number of hydrogen-bond donors (Lipinski definition) is 3. The first-order valence-electron chi connectivity index (χ1n) is 12.1. The highest BCUT2D eigenvalue weighted by atomic mass is 32.2. The number of oxime groups is 1. The number of nitrogen functional groups attached to an aromatic ring is 1. The molecule has 3 aromatic heterocycles. The summed E-state index contributed by atoms with van der Waals surface area (Å²) in [7, 11) is 1.93. The number of nitrogens with two attached hydrogens (primary N) is 1. The number of carbonyl (C=O) groups is 3. The first-order valence-corrected chi connectivity index (χ1v) is 14.6. The van der Waals surface area contributed by atoms with Crippen molar-refractivity contribution >= 4 is 63.3 Å². The zero-order valence-corrected chi connectivity index (χ0v) is 24.0. The van der Waals surface area contributed by atoms with Crippen LogP contribution in [0.15, 0.2) is 50.0 Å². The number of allylic oxidation sites excluding steroid dienone is 1. The Bertz CT molecular complexity index is 1530. The van der Waals surface area contributed by atoms with Gasteiger partial charge in [0.25, 0.3) is 11.8 Å². The maximum Gasteiger partial charge on any atom is 0.353 e. The van der Waals surface area contributed by atoms with Gasteiger partial charge in [-0.1, -0.05) is 16.9 Å². The molecule has 208 valence electrons. The fourth-order valence-electron chi connectivity index (χ4n) is 4.22. The van der Waals surface area contributed by atoms with E-state index < -0.39 is 29.9 Å². The largest absolute Gasteiger partial charge is 0.477 e. The number of anilines is 1. The molecule has 0 bridgehead atoms. The van der Waals surface area contributed by atoms with Gasteiger partial charge in [-0.15, -0.1) is 11.3 Å². The lowest BCUT2D eigenvalue weighted by molar-refractivity contribution is -0.671. The fraction of sp³-hybridized carbons (Fsp3) is 0.333. The van der Waals surface area contributed by atoms with Crippen LogP contribution in [-0.2, 0) is 26.3 Å². The van der Waals surface area contributed by atoms with Gasteiger partial charge in [0.05, 0.1) is 11.7 Å². The number of nitrogens with one attached hydrogen (secondary N) is 1. The molecule has 5 heterocycles. The second-order valence-electron chi connectivity index (χ2n) is 9.25. The molecule has 16 heteroatoms. The number of pyridine rings is 1. The summed E-state index contributed by atoms with van der Waals surface area (Å²) in [5.41, 5.74) is 7.08. The van der Waals surface area contributed by atoms with E-state index in [4.69, 9.17) is 10.6 Å². The number of β-lactam (4-membered cyclic amide) rings is 1. The summed E-state index contributed by atoms with van der Waals surface area (Å²) in [5, 5.41) is 18.6. The Kier molecular flexibility index (Phi) is 7.82. The van der Waals surface area contributed by atoms with Crippen LogP contribution in [0.2, 0.25) is 0 Å². The normalized spacial score (nSPS) is 18.9. The Morgan fingerprint density at radius 1 is 1.32 bits per heavy atom. The number of carbonyl (C=O) groups excluding carboxylic acids is 2. The SMILES string of the molecule is CC(C)ON=C(C(=O)NC1C(=O)N2C(C(=O)O)=C(Sc3nc(-c4cc[n+](C)cc4)cs3)CCC12)c1nsc(N)n1. The van der Waals surface area contributed by atoms with E-state index in [1.54, 1.807) is 13.8 Å². The number of fused-ring (bicyclic) bond motifs is 1. The van der Waals surface area contributed by atoms with Gasteiger partial charge in [0.15, 0.2) is 21.9 Å². The second-order valence-corrected chi connectivity index (χ2v) is 12.2. The second kappa shape index (κ2) is 11.3. The molecule has 5 rings (SSSR count). The molecule has 2 unspecified atom stereocenters. The minimum Gasteiger partial charge on any atom is -0.477 e. The summed E-state index contributed by atoms with van der Waals surface area (Å²) < 4.78 is 6.62. The van der Waals surface area contributed by atoms with Gasteiger partial charge >= 0.3 is 5.97 Å². The molecular formula is C24H25N8O5S3+. The molecule has 40 heavy (non-hydrogen) atoms. The van der Waals surface area contributed by atoms with E-state index in [0.717, 1.165) is 22.8 Å². The average molecular weight is 602 g/mol. The van der Waals surface area contributed by atoms with Gasteiger partial charge in [-0.2, -0.15) is 9.36 Å². The maximum absolute atomic E-state index is 13.2. The third-order valence-corrected chi connectivity index (χ3v) is 8.70. The lowest BCUT2D eigenvalue weighted by Gasteiger charge is -2.49. The van der Waals surface area contributed by atoms with Crippen LogP contribution in [-0.4, -0.2) is 66.0 Å². The van der Waals surface area contributed by atoms with Gasteiger partial charge < -0.3 is 21.0 Å². The van der Waals surface area contributed by atoms with Gasteiger partial charge in [-0.25, -0.2) is 14.3 Å². The number of rotatable bonds is 9. The van der Waals surface area contributed by atoms with Crippen LogP contribution in [0.4, 0.5) is 5.13 Å². The molecule has 0 radical (unpaired) electrons. The van der Waals surface area contributed by atoms with Crippen molar-refractivity contribution < 1.29 is 28.9 Å². The molecule has 13 nitrogen and oxygen atoms in total. The minimum absolute atomic E-state index is 0.0232. The van der Waals surface area contributed by atoms with Gasteiger partial charge in [-0.3, -0.25) is 14.5 Å². The van der Waals surface area contributed by atoms with Gasteiger partial charge in [0.2, 0.25) is 11.5 Å². The van der Waals surface area contributed by atoms with Crippen LogP contribution < -0.4 is 15.6 Å². The lowest BCUT2D eigenvalue weighted by atomic mass is 9.86. The summed E-state index contributed by atoms with van der Waals surface area (Å²) in [5.74, 6) is -2.49. The van der Waals surface area contributed by atoms with E-state index in [1.807, 2.05) is 41.5 Å². The molecular weight excluding hydrogens is 577 g/mol. The summed E-state index contributed by atoms with van der Waals surface area (Å²) >= 11 is 3.55. The molecule has 0 aliphatic carbocycles. The summed E-state index contributed by atoms with van der Waals surface area (Å²) in [6.07, 6.45) is 4.40. The molecule has 1 saturated heterocycles. The number of carboxylic acid groups (broad SMARTS) is 1. The minimum atomic E-state index is -1.22. The zero-order valence-electron chi connectivity index (χ0n) is 21.6. The molecule has 0 saturated carbocycles. The van der Waals surface area contributed by atoms with Crippen LogP contribution in [0.1, 0.15) is 32.5 Å². The van der Waals surface area contributed by atoms with E-state index in [2.05, 4.69) is 24.8 Å². The van der Waals surface area contributed by atoms with E-state index in [1.165, 1.54) is 28.0 Å². The highest BCUT2D eigenvalue weighted by Crippen LogP contribution is 2.44. The standard InChI is InChI=1S/C24H24N8O5S3/c1-11(2)37-29-17(19-28-23(25)40-30-19)20(33)27-16-14-4-5-15(18(22(35)36)32(14)21(16)34)39-24-26-13(10-38-24)12-6-8-31(3)9-7-12/h6-11,14,16H,4-5H2,1-3H3,(H3-,25,27,28,30,33,35,36)/p+1. The molecule has 1 fully saturated rings. The van der Waals surface area contributed by atoms with Crippen molar-refractivity contribution in [2.24, 2.45) is 12.2 Å². The Balaban J connectivity index is 1.33. The fourth-order valence-corrected chi connectivity index (χ4v) is 6.71. The quantitative estimate of drug-likeness (QED) is 0.142. The number of aryl methyl sites for hydroxylation is 1. The maximum atomic E-state index is 13.2. The van der Waals surface area contributed by atoms with Gasteiger partial charge in [0.1, 0.15) is 24.9 Å². The van der Waals surface area contributed by atoms with E-state index in [0.29, 0.717) is 22.1 Å². The van der Waals surface area contributed by atoms with Crippen LogP contribution in [0, 0.1) is 0 Å². The van der Waals surface area contributed by atoms with Crippen molar-refractivity contribution in [3.63, 3.8) is 0 Å². The van der Waals surface area contributed by atoms with Crippen molar-refractivity contribution in [2.75, 3.05) is 5.73 Å². The Morgan fingerprint density at radius 3 is 2.73 bits per heavy atom. The molecule has 2 aliphatic heterocycles. The molecule has 2 atom stereocenters. The third-order valence-electron chi connectivity index (χ3n) is 6.07. The topological polar surface area (TPSA) is 177 Å². The lowest BCUT2D eigenvalue weighted by Crippen LogP contribution is -2.72. The number of thioether (sulfide) groups is 1. The van der Waals surface area contributed by atoms with Gasteiger partial charge in [0, 0.05) is 39.5 Å². The number of aromatic nitrogens is 4. The van der Waals surface area contributed by atoms with E-state index in [9.17, 15) is 19.5 Å². The Labute approximate surface area is 240 Å². The summed E-state index contributed by atoms with van der Waals surface area (Å²) in [6.45, 7) is 3.47. The van der Waals surface area contributed by atoms with Crippen molar-refractivity contribution in [1.29, 1.82) is 0 Å². The van der Waals surface area contributed by atoms with Crippen molar-refractivity contribution in [1.82, 2.24) is 24.6 Å².